The van der Waals surface area contributed by atoms with E-state index >= 15 is 0 Å². The second-order valence-corrected chi connectivity index (χ2v) is 8.95. The number of hydrogen-bond acceptors (Lipinski definition) is 5. The van der Waals surface area contributed by atoms with E-state index in [9.17, 15) is 10.2 Å². The van der Waals surface area contributed by atoms with Crippen LogP contribution in [-0.4, -0.2) is 36.6 Å². The average Bonchev–Trinajstić information content (AvgIpc) is 2.93. The van der Waals surface area contributed by atoms with Crippen molar-refractivity contribution in [2.75, 3.05) is 26.4 Å². The first-order chi connectivity index (χ1) is 18.0. The molecule has 0 aliphatic rings. The van der Waals surface area contributed by atoms with Crippen LogP contribution >= 0.6 is 0 Å². The summed E-state index contributed by atoms with van der Waals surface area (Å²) >= 11 is 0. The smallest absolute Gasteiger partial charge is 0.119 e. The van der Waals surface area contributed by atoms with E-state index in [1.54, 1.807) is 13.8 Å². The third-order valence-electron chi connectivity index (χ3n) is 6.15. The predicted molar refractivity (Wildman–Crippen MR) is 147 cm³/mol. The monoisotopic (exact) mass is 498 g/mol. The maximum Gasteiger partial charge on any atom is 0.119 e. The van der Waals surface area contributed by atoms with Gasteiger partial charge in [-0.2, -0.15) is 0 Å². The molecule has 5 heteroatoms. The van der Waals surface area contributed by atoms with Crippen molar-refractivity contribution in [3.05, 3.63) is 108 Å². The zero-order valence-electron chi connectivity index (χ0n) is 21.3. The molecule has 37 heavy (non-hydrogen) atoms. The lowest BCUT2D eigenvalue weighted by Gasteiger charge is -2.10. The second kappa shape index (κ2) is 13.1. The van der Waals surface area contributed by atoms with Gasteiger partial charge in [-0.25, -0.2) is 0 Å². The molecule has 4 rings (SSSR count). The summed E-state index contributed by atoms with van der Waals surface area (Å²) in [5, 5.41) is 19.3. The first-order valence-corrected chi connectivity index (χ1v) is 12.6. The van der Waals surface area contributed by atoms with E-state index in [-0.39, 0.29) is 0 Å². The van der Waals surface area contributed by atoms with Crippen LogP contribution in [0.25, 0.3) is 22.3 Å². The van der Waals surface area contributed by atoms with Crippen molar-refractivity contribution >= 4 is 0 Å². The molecule has 0 spiro atoms. The van der Waals surface area contributed by atoms with Crippen molar-refractivity contribution in [2.45, 2.75) is 26.1 Å². The normalized spacial score (nSPS) is 12.6. The minimum Gasteiger partial charge on any atom is -0.491 e. The Morgan fingerprint density at radius 2 is 0.757 bits per heavy atom. The van der Waals surface area contributed by atoms with E-state index in [1.165, 1.54) is 0 Å². The molecule has 0 saturated carbocycles. The molecule has 2 atom stereocenters. The summed E-state index contributed by atoms with van der Waals surface area (Å²) in [6.07, 6.45) is -0.922. The van der Waals surface area contributed by atoms with E-state index in [4.69, 9.17) is 14.2 Å². The van der Waals surface area contributed by atoms with Crippen molar-refractivity contribution < 1.29 is 24.4 Å². The van der Waals surface area contributed by atoms with Gasteiger partial charge in [-0.3, -0.25) is 0 Å². The van der Waals surface area contributed by atoms with E-state index in [2.05, 4.69) is 0 Å². The Morgan fingerprint density at radius 3 is 1.05 bits per heavy atom. The van der Waals surface area contributed by atoms with Crippen LogP contribution in [0.3, 0.4) is 0 Å². The first-order valence-electron chi connectivity index (χ1n) is 12.6. The molecule has 0 fully saturated rings. The van der Waals surface area contributed by atoms with Crippen LogP contribution in [0.4, 0.5) is 0 Å². The standard InChI is InChI=1S/C32H34O5/c1-23(33)25-3-7-27(8-4-25)29-11-15-31(16-12-29)36-21-19-35-20-22-37-32-17-13-30(14-18-32)28-9-5-26(6-10-28)24(2)34/h3-18,23-24,33-34H,19-22H2,1-2H3. The highest BCUT2D eigenvalue weighted by molar-refractivity contribution is 5.65. The highest BCUT2D eigenvalue weighted by atomic mass is 16.5. The van der Waals surface area contributed by atoms with Gasteiger partial charge in [-0.1, -0.05) is 72.8 Å². The number of aliphatic hydroxyl groups excluding tert-OH is 2. The summed E-state index contributed by atoms with van der Waals surface area (Å²) in [6.45, 7) is 5.41. The molecule has 2 unspecified atom stereocenters. The molecule has 2 N–H and O–H groups in total. The van der Waals surface area contributed by atoms with E-state index < -0.39 is 12.2 Å². The maximum absolute atomic E-state index is 9.65. The predicted octanol–water partition coefficient (Wildman–Crippen LogP) is 6.60. The number of benzene rings is 4. The van der Waals surface area contributed by atoms with Gasteiger partial charge < -0.3 is 24.4 Å². The Morgan fingerprint density at radius 1 is 0.459 bits per heavy atom. The summed E-state index contributed by atoms with van der Waals surface area (Å²) in [5.74, 6) is 1.59. The zero-order chi connectivity index (χ0) is 26.0. The third kappa shape index (κ3) is 7.67. The Hall–Kier alpha value is -3.64. The molecule has 0 heterocycles. The fourth-order valence-electron chi connectivity index (χ4n) is 3.93. The Kier molecular flexibility index (Phi) is 9.33. The van der Waals surface area contributed by atoms with Gasteiger partial charge in [0.05, 0.1) is 25.4 Å². The lowest BCUT2D eigenvalue weighted by molar-refractivity contribution is 0.0764. The minimum atomic E-state index is -0.461. The number of ether oxygens (including phenoxy) is 3. The van der Waals surface area contributed by atoms with Gasteiger partial charge in [-0.15, -0.1) is 0 Å². The van der Waals surface area contributed by atoms with Gasteiger partial charge >= 0.3 is 0 Å². The van der Waals surface area contributed by atoms with E-state index in [0.29, 0.717) is 26.4 Å². The maximum atomic E-state index is 9.65. The Bertz CT molecular complexity index is 1110. The molecule has 4 aromatic rings. The van der Waals surface area contributed by atoms with E-state index in [0.717, 1.165) is 44.9 Å². The molecule has 0 saturated heterocycles. The fraction of sp³-hybridized carbons (Fsp3) is 0.250. The van der Waals surface area contributed by atoms with Crippen LogP contribution in [0.5, 0.6) is 11.5 Å². The van der Waals surface area contributed by atoms with Crippen LogP contribution in [0.2, 0.25) is 0 Å². The molecular weight excluding hydrogens is 464 g/mol. The van der Waals surface area contributed by atoms with Crippen LogP contribution < -0.4 is 9.47 Å². The Labute approximate surface area is 218 Å². The Balaban J connectivity index is 1.12. The zero-order valence-corrected chi connectivity index (χ0v) is 21.3. The number of rotatable bonds is 12. The topological polar surface area (TPSA) is 68.2 Å². The first kappa shape index (κ1) is 26.4. The van der Waals surface area contributed by atoms with Gasteiger partial charge in [0.1, 0.15) is 24.7 Å². The van der Waals surface area contributed by atoms with Crippen LogP contribution in [0.15, 0.2) is 97.1 Å². The van der Waals surface area contributed by atoms with Crippen molar-refractivity contribution in [1.29, 1.82) is 0 Å². The van der Waals surface area contributed by atoms with E-state index in [1.807, 2.05) is 97.1 Å². The summed E-state index contributed by atoms with van der Waals surface area (Å²) in [6, 6.07) is 31.7. The fourth-order valence-corrected chi connectivity index (χ4v) is 3.93. The van der Waals surface area contributed by atoms with Crippen molar-refractivity contribution in [3.63, 3.8) is 0 Å². The molecule has 0 aromatic heterocycles. The lowest BCUT2D eigenvalue weighted by atomic mass is 10.0. The summed E-state index contributed by atoms with van der Waals surface area (Å²) in [4.78, 5) is 0. The minimum absolute atomic E-state index is 0.461. The van der Waals surface area contributed by atoms with Gasteiger partial charge in [-0.05, 0) is 71.5 Å². The van der Waals surface area contributed by atoms with Crippen molar-refractivity contribution in [1.82, 2.24) is 0 Å². The molecule has 0 aliphatic heterocycles. The number of hydrogen-bond donors (Lipinski definition) is 2. The molecule has 4 aromatic carbocycles. The van der Waals surface area contributed by atoms with Crippen LogP contribution in [0.1, 0.15) is 37.2 Å². The molecule has 0 amide bonds. The van der Waals surface area contributed by atoms with Crippen LogP contribution in [0, 0.1) is 0 Å². The molecule has 0 bridgehead atoms. The highest BCUT2D eigenvalue weighted by Crippen LogP contribution is 2.25. The number of aliphatic hydroxyl groups is 2. The average molecular weight is 499 g/mol. The SMILES string of the molecule is CC(O)c1ccc(-c2ccc(OCCOCCOc3ccc(-c4ccc(C(C)O)cc4)cc3)cc2)cc1. The summed E-state index contributed by atoms with van der Waals surface area (Å²) in [7, 11) is 0. The molecule has 192 valence electrons. The molecule has 0 aliphatic carbocycles. The highest BCUT2D eigenvalue weighted by Gasteiger charge is 2.04. The lowest BCUT2D eigenvalue weighted by Crippen LogP contribution is -2.12. The largest absolute Gasteiger partial charge is 0.491 e. The molecule has 0 radical (unpaired) electrons. The van der Waals surface area contributed by atoms with Crippen LogP contribution in [-0.2, 0) is 4.74 Å². The summed E-state index contributed by atoms with van der Waals surface area (Å²) < 4.78 is 17.2. The van der Waals surface area contributed by atoms with Crippen molar-refractivity contribution in [3.8, 4) is 33.8 Å². The van der Waals surface area contributed by atoms with Gasteiger partial charge in [0.2, 0.25) is 0 Å². The summed E-state index contributed by atoms with van der Waals surface area (Å²) in [5.41, 5.74) is 6.20. The van der Waals surface area contributed by atoms with Gasteiger partial charge in [0, 0.05) is 0 Å². The molecular formula is C32H34O5. The third-order valence-corrected chi connectivity index (χ3v) is 6.15. The quantitative estimate of drug-likeness (QED) is 0.215. The molecule has 5 nitrogen and oxygen atoms in total. The van der Waals surface area contributed by atoms with Gasteiger partial charge in [0.15, 0.2) is 0 Å². The second-order valence-electron chi connectivity index (χ2n) is 8.95. The van der Waals surface area contributed by atoms with Crippen molar-refractivity contribution in [2.24, 2.45) is 0 Å². The van der Waals surface area contributed by atoms with Gasteiger partial charge in [0.25, 0.3) is 0 Å².